The number of phenols is 3. The van der Waals surface area contributed by atoms with E-state index in [9.17, 15) is 15.3 Å². The SMILES string of the molecule is C1CC2CC2C1.Cc1ccc(-c2ccccc2O)c(-c2ccccc2O)c1O. The van der Waals surface area contributed by atoms with Crippen LogP contribution < -0.4 is 0 Å². The quantitative estimate of drug-likeness (QED) is 0.497. The Hall–Kier alpha value is -2.94. The maximum atomic E-state index is 10.5. The van der Waals surface area contributed by atoms with Crippen molar-refractivity contribution in [3.05, 3.63) is 66.2 Å². The first-order valence-corrected chi connectivity index (χ1v) is 9.95. The smallest absolute Gasteiger partial charge is 0.127 e. The van der Waals surface area contributed by atoms with Crippen LogP contribution in [0.3, 0.4) is 0 Å². The van der Waals surface area contributed by atoms with Crippen LogP contribution in [0.4, 0.5) is 0 Å². The number of fused-ring (bicyclic) bond motifs is 1. The number of phenolic OH excluding ortho intramolecular Hbond substituents is 3. The molecule has 2 unspecified atom stereocenters. The molecule has 2 atom stereocenters. The molecule has 2 aliphatic rings. The fraction of sp³-hybridized carbons (Fsp3) is 0.280. The molecule has 2 aliphatic carbocycles. The van der Waals surface area contributed by atoms with Crippen LogP contribution in [0.5, 0.6) is 17.2 Å². The van der Waals surface area contributed by atoms with Crippen molar-refractivity contribution in [3.8, 4) is 39.5 Å². The highest BCUT2D eigenvalue weighted by Crippen LogP contribution is 2.51. The van der Waals surface area contributed by atoms with Gasteiger partial charge in [0.25, 0.3) is 0 Å². The van der Waals surface area contributed by atoms with Gasteiger partial charge in [-0.05, 0) is 48.4 Å². The first kappa shape index (κ1) is 18.4. The van der Waals surface area contributed by atoms with Crippen LogP contribution in [0.1, 0.15) is 31.2 Å². The largest absolute Gasteiger partial charge is 0.507 e. The maximum Gasteiger partial charge on any atom is 0.127 e. The van der Waals surface area contributed by atoms with E-state index in [0.29, 0.717) is 27.8 Å². The molecule has 3 heteroatoms. The van der Waals surface area contributed by atoms with Crippen molar-refractivity contribution in [3.63, 3.8) is 0 Å². The van der Waals surface area contributed by atoms with Gasteiger partial charge in [-0.1, -0.05) is 67.8 Å². The van der Waals surface area contributed by atoms with Crippen molar-refractivity contribution in [1.29, 1.82) is 0 Å². The predicted octanol–water partition coefficient (Wildman–Crippen LogP) is 6.25. The summed E-state index contributed by atoms with van der Waals surface area (Å²) in [6.07, 6.45) is 6.24. The molecule has 3 aromatic rings. The molecule has 3 nitrogen and oxygen atoms in total. The lowest BCUT2D eigenvalue weighted by Crippen LogP contribution is -1.90. The first-order chi connectivity index (χ1) is 13.6. The molecule has 3 aromatic carbocycles. The van der Waals surface area contributed by atoms with Gasteiger partial charge in [-0.15, -0.1) is 0 Å². The molecule has 0 heterocycles. The van der Waals surface area contributed by atoms with Crippen molar-refractivity contribution in [1.82, 2.24) is 0 Å². The molecular formula is C25H26O3. The molecule has 0 spiro atoms. The lowest BCUT2D eigenvalue weighted by Gasteiger charge is -2.16. The van der Waals surface area contributed by atoms with Crippen molar-refractivity contribution in [2.24, 2.45) is 11.8 Å². The van der Waals surface area contributed by atoms with Gasteiger partial charge >= 0.3 is 0 Å². The molecule has 2 fully saturated rings. The molecule has 0 aromatic heterocycles. The molecular weight excluding hydrogens is 348 g/mol. The van der Waals surface area contributed by atoms with Crippen LogP contribution in [-0.4, -0.2) is 15.3 Å². The van der Waals surface area contributed by atoms with Gasteiger partial charge in [-0.3, -0.25) is 0 Å². The standard InChI is InChI=1S/C19H16O3.C6H10/c1-12-10-11-14(13-6-2-4-8-16(13)20)18(19(12)22)15-7-3-5-9-17(15)21;1-2-5-4-6(5)3-1/h2-11,20-22H,1H3;5-6H,1-4H2. The molecule has 2 saturated carbocycles. The lowest BCUT2D eigenvalue weighted by atomic mass is 9.91. The maximum absolute atomic E-state index is 10.5. The zero-order valence-corrected chi connectivity index (χ0v) is 16.1. The van der Waals surface area contributed by atoms with Crippen LogP contribution in [0.15, 0.2) is 60.7 Å². The number of aryl methyl sites for hydroxylation is 1. The van der Waals surface area contributed by atoms with E-state index >= 15 is 0 Å². The molecule has 28 heavy (non-hydrogen) atoms. The van der Waals surface area contributed by atoms with Gasteiger partial charge in [0.2, 0.25) is 0 Å². The van der Waals surface area contributed by atoms with Gasteiger partial charge in [0.15, 0.2) is 0 Å². The normalized spacial score (nSPS) is 19.5. The highest BCUT2D eigenvalue weighted by molar-refractivity contribution is 5.92. The molecule has 0 amide bonds. The number of benzene rings is 3. The minimum atomic E-state index is 0.0834. The summed E-state index contributed by atoms with van der Waals surface area (Å²) in [6, 6.07) is 17.4. The number of hydrogen-bond donors (Lipinski definition) is 3. The average Bonchev–Trinajstić information content (AvgIpc) is 3.30. The van der Waals surface area contributed by atoms with E-state index < -0.39 is 0 Å². The van der Waals surface area contributed by atoms with Crippen LogP contribution in [0.2, 0.25) is 0 Å². The summed E-state index contributed by atoms with van der Waals surface area (Å²) in [4.78, 5) is 0. The van der Waals surface area contributed by atoms with E-state index in [0.717, 1.165) is 0 Å². The van der Waals surface area contributed by atoms with Gasteiger partial charge in [0.05, 0.1) is 0 Å². The number of aromatic hydroxyl groups is 3. The summed E-state index contributed by atoms with van der Waals surface area (Å²) in [6.45, 7) is 1.80. The molecule has 144 valence electrons. The van der Waals surface area contributed by atoms with Gasteiger partial charge < -0.3 is 15.3 Å². The van der Waals surface area contributed by atoms with E-state index in [-0.39, 0.29) is 17.2 Å². The zero-order chi connectivity index (χ0) is 19.7. The van der Waals surface area contributed by atoms with Crippen molar-refractivity contribution >= 4 is 0 Å². The van der Waals surface area contributed by atoms with E-state index in [1.165, 1.54) is 18.3 Å². The van der Waals surface area contributed by atoms with Gasteiger partial charge in [0, 0.05) is 16.7 Å². The third-order valence-electron chi connectivity index (χ3n) is 5.97. The average molecular weight is 374 g/mol. The van der Waals surface area contributed by atoms with Crippen LogP contribution in [-0.2, 0) is 0 Å². The topological polar surface area (TPSA) is 60.7 Å². The van der Waals surface area contributed by atoms with Crippen LogP contribution in [0.25, 0.3) is 22.3 Å². The molecule has 0 radical (unpaired) electrons. The molecule has 5 rings (SSSR count). The van der Waals surface area contributed by atoms with Crippen molar-refractivity contribution < 1.29 is 15.3 Å². The minimum Gasteiger partial charge on any atom is -0.507 e. The van der Waals surface area contributed by atoms with Gasteiger partial charge in [0.1, 0.15) is 17.2 Å². The zero-order valence-electron chi connectivity index (χ0n) is 16.1. The Morgan fingerprint density at radius 1 is 0.679 bits per heavy atom. The Kier molecular flexibility index (Phi) is 4.99. The van der Waals surface area contributed by atoms with E-state index in [1.54, 1.807) is 74.7 Å². The van der Waals surface area contributed by atoms with Gasteiger partial charge in [-0.2, -0.15) is 0 Å². The summed E-state index contributed by atoms with van der Waals surface area (Å²) < 4.78 is 0. The monoisotopic (exact) mass is 374 g/mol. The van der Waals surface area contributed by atoms with E-state index in [4.69, 9.17) is 0 Å². The van der Waals surface area contributed by atoms with Crippen LogP contribution >= 0.6 is 0 Å². The Labute approximate surface area is 165 Å². The van der Waals surface area contributed by atoms with Crippen LogP contribution in [0, 0.1) is 18.8 Å². The van der Waals surface area contributed by atoms with E-state index in [2.05, 4.69) is 0 Å². The Bertz CT molecular complexity index is 985. The third kappa shape index (κ3) is 3.57. The summed E-state index contributed by atoms with van der Waals surface area (Å²) in [5.41, 5.74) is 3.03. The summed E-state index contributed by atoms with van der Waals surface area (Å²) >= 11 is 0. The van der Waals surface area contributed by atoms with Crippen molar-refractivity contribution in [2.75, 3.05) is 0 Å². The fourth-order valence-corrected chi connectivity index (χ4v) is 4.24. The number of hydrogen-bond acceptors (Lipinski definition) is 3. The summed E-state index contributed by atoms with van der Waals surface area (Å²) in [7, 11) is 0. The highest BCUT2D eigenvalue weighted by Gasteiger charge is 2.40. The fourth-order valence-electron chi connectivity index (χ4n) is 4.24. The predicted molar refractivity (Wildman–Crippen MR) is 112 cm³/mol. The minimum absolute atomic E-state index is 0.0834. The number of rotatable bonds is 2. The second-order valence-corrected chi connectivity index (χ2v) is 7.87. The number of para-hydroxylation sites is 2. The molecule has 0 saturated heterocycles. The van der Waals surface area contributed by atoms with Gasteiger partial charge in [-0.25, -0.2) is 0 Å². The Morgan fingerprint density at radius 3 is 1.75 bits per heavy atom. The third-order valence-corrected chi connectivity index (χ3v) is 5.97. The van der Waals surface area contributed by atoms with Crippen molar-refractivity contribution in [2.45, 2.75) is 32.6 Å². The summed E-state index contributed by atoms with van der Waals surface area (Å²) in [5, 5.41) is 30.8. The second kappa shape index (κ2) is 7.59. The first-order valence-electron chi connectivity index (χ1n) is 9.95. The molecule has 0 aliphatic heterocycles. The molecule has 3 N–H and O–H groups in total. The second-order valence-electron chi connectivity index (χ2n) is 7.87. The molecule has 0 bridgehead atoms. The Balaban J connectivity index is 0.000000268. The highest BCUT2D eigenvalue weighted by atomic mass is 16.3. The van der Waals surface area contributed by atoms with E-state index in [1.807, 2.05) is 12.1 Å². The Morgan fingerprint density at radius 2 is 1.25 bits per heavy atom. The lowest BCUT2D eigenvalue weighted by molar-refractivity contribution is 0.466. The summed E-state index contributed by atoms with van der Waals surface area (Å²) in [5.74, 6) is 2.74.